The van der Waals surface area contributed by atoms with E-state index in [0.717, 1.165) is 13.1 Å². The first-order valence-electron chi connectivity index (χ1n) is 9.55. The number of carbonyl (C=O) groups excluding carboxylic acids is 2. The van der Waals surface area contributed by atoms with E-state index in [-0.39, 0.29) is 17.9 Å². The Morgan fingerprint density at radius 1 is 1.17 bits per heavy atom. The fraction of sp³-hybridized carbons (Fsp3) is 0.632. The number of nitrogens with zero attached hydrogens (tertiary/aromatic N) is 3. The molecule has 2 aliphatic rings. The molecule has 2 fully saturated rings. The summed E-state index contributed by atoms with van der Waals surface area (Å²) in [5.41, 5.74) is -0.456. The van der Waals surface area contributed by atoms with Crippen molar-refractivity contribution in [1.82, 2.24) is 14.7 Å². The number of likely N-dealkylation sites (tertiary alicyclic amines) is 1. The Bertz CT molecular complexity index is 756. The lowest BCUT2D eigenvalue weighted by Crippen LogP contribution is -2.68. The number of furan rings is 1. The molecule has 2 aliphatic heterocycles. The van der Waals surface area contributed by atoms with Gasteiger partial charge in [-0.1, -0.05) is 0 Å². The van der Waals surface area contributed by atoms with Crippen molar-refractivity contribution in [3.8, 4) is 0 Å². The molecule has 1 N–H and O–H groups in total. The maximum absolute atomic E-state index is 13.0. The zero-order chi connectivity index (χ0) is 22.7. The monoisotopic (exact) mass is 433 g/mol. The van der Waals surface area contributed by atoms with Crippen LogP contribution in [0.2, 0.25) is 0 Å². The molecule has 1 aromatic heterocycles. The fourth-order valence-electron chi connectivity index (χ4n) is 3.73. The summed E-state index contributed by atoms with van der Waals surface area (Å²) in [6, 6.07) is 3.62. The zero-order valence-corrected chi connectivity index (χ0v) is 17.1. The van der Waals surface area contributed by atoms with Gasteiger partial charge in [-0.2, -0.15) is 13.2 Å². The summed E-state index contributed by atoms with van der Waals surface area (Å²) in [7, 11) is 2.03. The Morgan fingerprint density at radius 3 is 2.17 bits per heavy atom. The van der Waals surface area contributed by atoms with Crippen molar-refractivity contribution in [3.63, 3.8) is 0 Å². The lowest BCUT2D eigenvalue weighted by molar-refractivity contribution is -0.192. The third kappa shape index (κ3) is 4.94. The van der Waals surface area contributed by atoms with Crippen LogP contribution in [0.5, 0.6) is 0 Å². The summed E-state index contributed by atoms with van der Waals surface area (Å²) < 4.78 is 36.9. The van der Waals surface area contributed by atoms with Crippen LogP contribution in [0.4, 0.5) is 13.2 Å². The largest absolute Gasteiger partial charge is 0.490 e. The quantitative estimate of drug-likeness (QED) is 0.768. The number of aliphatic carboxylic acids is 1. The average Bonchev–Trinajstić information content (AvgIpc) is 3.20. The van der Waals surface area contributed by atoms with Gasteiger partial charge < -0.3 is 19.3 Å². The van der Waals surface area contributed by atoms with Crippen LogP contribution in [0.15, 0.2) is 22.8 Å². The van der Waals surface area contributed by atoms with E-state index in [1.54, 1.807) is 17.0 Å². The number of carboxylic acids is 1. The number of hydrogen-bond donors (Lipinski definition) is 1. The van der Waals surface area contributed by atoms with Gasteiger partial charge in [-0.15, -0.1) is 0 Å². The predicted molar refractivity (Wildman–Crippen MR) is 99.7 cm³/mol. The number of halogens is 3. The van der Waals surface area contributed by atoms with Gasteiger partial charge in [-0.3, -0.25) is 14.5 Å². The van der Waals surface area contributed by atoms with E-state index in [0.29, 0.717) is 31.7 Å². The molecule has 0 bridgehead atoms. The lowest BCUT2D eigenvalue weighted by atomic mass is 9.82. The van der Waals surface area contributed by atoms with Gasteiger partial charge in [0.2, 0.25) is 5.91 Å². The highest BCUT2D eigenvalue weighted by atomic mass is 19.4. The number of alkyl halides is 3. The molecule has 0 atom stereocenters. The first-order chi connectivity index (χ1) is 13.9. The van der Waals surface area contributed by atoms with Crippen molar-refractivity contribution in [2.24, 2.45) is 0 Å². The molecule has 3 rings (SSSR count). The van der Waals surface area contributed by atoms with Crippen LogP contribution in [0.3, 0.4) is 0 Å². The second kappa shape index (κ2) is 9.07. The molecule has 1 aromatic rings. The van der Waals surface area contributed by atoms with Crippen molar-refractivity contribution >= 4 is 17.8 Å². The predicted octanol–water partition coefficient (Wildman–Crippen LogP) is 2.07. The van der Waals surface area contributed by atoms with E-state index in [9.17, 15) is 22.8 Å². The third-order valence-electron chi connectivity index (χ3n) is 5.54. The van der Waals surface area contributed by atoms with E-state index in [2.05, 4.69) is 18.7 Å². The number of carbonyl (C=O) groups is 3. The van der Waals surface area contributed by atoms with Gasteiger partial charge in [-0.25, -0.2) is 4.79 Å². The van der Waals surface area contributed by atoms with Crippen LogP contribution in [-0.2, 0) is 9.59 Å². The molecule has 0 radical (unpaired) electrons. The molecular formula is C19H26F3N3O5. The van der Waals surface area contributed by atoms with Gasteiger partial charge in [0.15, 0.2) is 5.76 Å². The highest BCUT2D eigenvalue weighted by molar-refractivity contribution is 5.92. The maximum atomic E-state index is 13.0. The summed E-state index contributed by atoms with van der Waals surface area (Å²) in [6.07, 6.45) is -2.21. The molecule has 0 aromatic carbocycles. The summed E-state index contributed by atoms with van der Waals surface area (Å²) in [4.78, 5) is 40.3. The second-order valence-corrected chi connectivity index (χ2v) is 7.62. The van der Waals surface area contributed by atoms with Crippen LogP contribution in [-0.4, -0.2) is 88.6 Å². The van der Waals surface area contributed by atoms with Crippen molar-refractivity contribution < 1.29 is 37.1 Å². The van der Waals surface area contributed by atoms with E-state index >= 15 is 0 Å². The number of hydrogen-bond acceptors (Lipinski definition) is 5. The van der Waals surface area contributed by atoms with Gasteiger partial charge in [0, 0.05) is 32.2 Å². The second-order valence-electron chi connectivity index (χ2n) is 7.62. The Labute approximate surface area is 172 Å². The van der Waals surface area contributed by atoms with Crippen molar-refractivity contribution in [2.45, 2.75) is 44.4 Å². The van der Waals surface area contributed by atoms with Gasteiger partial charge >= 0.3 is 12.1 Å². The smallest absolute Gasteiger partial charge is 0.475 e. The number of rotatable bonds is 2. The van der Waals surface area contributed by atoms with Crippen molar-refractivity contribution in [2.75, 3.05) is 33.2 Å². The van der Waals surface area contributed by atoms with Crippen molar-refractivity contribution in [1.29, 1.82) is 0 Å². The Kier molecular flexibility index (Phi) is 7.17. The molecular weight excluding hydrogens is 407 g/mol. The topological polar surface area (TPSA) is 94.3 Å². The Hall–Kier alpha value is -2.56. The molecule has 8 nitrogen and oxygen atoms in total. The van der Waals surface area contributed by atoms with E-state index in [1.165, 1.54) is 6.26 Å². The standard InChI is InChI=1S/C17H25N3O3.C2HF3O2/c1-13(2)20-11-10-18(3)17(16(20)22)6-8-19(9-7-17)15(21)14-5-4-12-23-14;3-2(4,5)1(6)7/h4-5,12-13H,6-11H2,1-3H3;(H,6,7). The SMILES string of the molecule is CC(C)N1CCN(C)C2(CCN(C(=O)c3ccco3)CC2)C1=O.O=C(O)C(F)(F)F. The summed E-state index contributed by atoms with van der Waals surface area (Å²) in [5, 5.41) is 7.12. The van der Waals surface area contributed by atoms with Crippen LogP contribution in [0, 0.1) is 0 Å². The molecule has 11 heteroatoms. The number of piperidine rings is 1. The van der Waals surface area contributed by atoms with Gasteiger partial charge in [0.05, 0.1) is 6.26 Å². The molecule has 0 unspecified atom stereocenters. The summed E-state index contributed by atoms with van der Waals surface area (Å²) in [5.74, 6) is -2.26. The highest BCUT2D eigenvalue weighted by Gasteiger charge is 2.50. The third-order valence-corrected chi connectivity index (χ3v) is 5.54. The van der Waals surface area contributed by atoms with Gasteiger partial charge in [-0.05, 0) is 45.9 Å². The maximum Gasteiger partial charge on any atom is 0.490 e. The summed E-state index contributed by atoms with van der Waals surface area (Å²) in [6.45, 7) is 6.96. The molecule has 168 valence electrons. The molecule has 1 spiro atoms. The minimum Gasteiger partial charge on any atom is -0.475 e. The lowest BCUT2D eigenvalue weighted by Gasteiger charge is -2.52. The Morgan fingerprint density at radius 2 is 1.73 bits per heavy atom. The number of piperazine rings is 1. The van der Waals surface area contributed by atoms with Crippen LogP contribution in [0.25, 0.3) is 0 Å². The Balaban J connectivity index is 0.000000396. The fourth-order valence-corrected chi connectivity index (χ4v) is 3.73. The van der Waals surface area contributed by atoms with Crippen LogP contribution >= 0.6 is 0 Å². The first-order valence-corrected chi connectivity index (χ1v) is 9.55. The van der Waals surface area contributed by atoms with Crippen LogP contribution < -0.4 is 0 Å². The minimum absolute atomic E-state index is 0.0866. The normalized spacial score (nSPS) is 19.6. The van der Waals surface area contributed by atoms with Gasteiger partial charge in [0.25, 0.3) is 5.91 Å². The number of amides is 2. The van der Waals surface area contributed by atoms with Crippen LogP contribution in [0.1, 0.15) is 37.2 Å². The van der Waals surface area contributed by atoms with Crippen molar-refractivity contribution in [3.05, 3.63) is 24.2 Å². The molecule has 2 saturated heterocycles. The molecule has 0 aliphatic carbocycles. The van der Waals surface area contributed by atoms with Gasteiger partial charge in [0.1, 0.15) is 5.54 Å². The van der Waals surface area contributed by atoms with E-state index < -0.39 is 17.7 Å². The molecule has 2 amide bonds. The summed E-state index contributed by atoms with van der Waals surface area (Å²) >= 11 is 0. The highest BCUT2D eigenvalue weighted by Crippen LogP contribution is 2.34. The number of carboxylic acid groups (broad SMARTS) is 1. The number of likely N-dealkylation sites (N-methyl/N-ethyl adjacent to an activating group) is 1. The first kappa shape index (κ1) is 23.7. The zero-order valence-electron chi connectivity index (χ0n) is 17.1. The minimum atomic E-state index is -5.08. The van der Waals surface area contributed by atoms with E-state index in [4.69, 9.17) is 14.3 Å². The average molecular weight is 433 g/mol. The van der Waals surface area contributed by atoms with E-state index in [1.807, 2.05) is 11.9 Å². The molecule has 0 saturated carbocycles. The molecule has 30 heavy (non-hydrogen) atoms. The molecule has 3 heterocycles.